The maximum atomic E-state index is 12.4. The zero-order valence-electron chi connectivity index (χ0n) is 16.3. The van der Waals surface area contributed by atoms with Crippen molar-refractivity contribution >= 4 is 11.9 Å². The van der Waals surface area contributed by atoms with E-state index in [1.807, 2.05) is 6.07 Å². The molecule has 1 unspecified atom stereocenters. The fraction of sp³-hybridized carbons (Fsp3) is 0.619. The smallest absolute Gasteiger partial charge is 0.321 e. The molecule has 0 bridgehead atoms. The number of hydrogen-bond acceptors (Lipinski definition) is 4. The van der Waals surface area contributed by atoms with Gasteiger partial charge in [0.15, 0.2) is 18.0 Å². The molecule has 152 valence electrons. The molecule has 2 atom stereocenters. The third kappa shape index (κ3) is 4.58. The van der Waals surface area contributed by atoms with E-state index in [1.165, 1.54) is 10.5 Å². The molecule has 1 aromatic rings. The number of likely N-dealkylation sites (tertiary alicyclic amines) is 1. The minimum atomic E-state index is -0.359. The Bertz CT molecular complexity index is 718. The highest BCUT2D eigenvalue weighted by Gasteiger charge is 2.33. The van der Waals surface area contributed by atoms with E-state index in [1.54, 1.807) is 0 Å². The van der Waals surface area contributed by atoms with Crippen LogP contribution in [-0.2, 0) is 4.79 Å². The topological polar surface area (TPSA) is 81.1 Å². The summed E-state index contributed by atoms with van der Waals surface area (Å²) in [4.78, 5) is 25.6. The lowest BCUT2D eigenvalue weighted by Crippen LogP contribution is -3.11. The van der Waals surface area contributed by atoms with E-state index in [0.717, 1.165) is 63.0 Å². The molecule has 1 aliphatic carbocycles. The van der Waals surface area contributed by atoms with Crippen molar-refractivity contribution in [2.75, 3.05) is 26.3 Å². The molecular formula is C21H30N3O4+. The number of fused-ring (bicyclic) bond motifs is 1. The number of carbonyl (C=O) groups is 2. The van der Waals surface area contributed by atoms with Crippen molar-refractivity contribution in [1.82, 2.24) is 10.6 Å². The lowest BCUT2D eigenvalue weighted by Gasteiger charge is -2.22. The number of carbonyl (C=O) groups excluding carboxylic acids is 2. The van der Waals surface area contributed by atoms with Crippen molar-refractivity contribution in [2.45, 2.75) is 57.0 Å². The second-order valence-corrected chi connectivity index (χ2v) is 8.04. The number of imide groups is 1. The molecule has 1 saturated carbocycles. The van der Waals surface area contributed by atoms with Gasteiger partial charge in [0.05, 0.1) is 19.8 Å². The molecule has 3 aliphatic rings. The molecule has 0 aromatic heterocycles. The summed E-state index contributed by atoms with van der Waals surface area (Å²) < 4.78 is 11.5. The first-order valence-corrected chi connectivity index (χ1v) is 10.5. The zero-order chi connectivity index (χ0) is 19.3. The van der Waals surface area contributed by atoms with Crippen molar-refractivity contribution < 1.29 is 24.0 Å². The van der Waals surface area contributed by atoms with Crippen LogP contribution in [0.3, 0.4) is 0 Å². The van der Waals surface area contributed by atoms with E-state index in [9.17, 15) is 9.59 Å². The standard InChI is InChI=1S/C21H29N3O4/c25-20(23-21(26)22-16-5-1-2-6-16)14-24-10-3-7-17(24)15-8-9-18-19(13-15)28-12-4-11-27-18/h8-9,13,16-17H,1-7,10-12,14H2,(H2,22,23,25,26)/p+1/t17-/m1/s1. The van der Waals surface area contributed by atoms with Crippen molar-refractivity contribution in [1.29, 1.82) is 0 Å². The average Bonchev–Trinajstić information content (AvgIpc) is 3.28. The van der Waals surface area contributed by atoms with E-state index in [2.05, 4.69) is 22.8 Å². The highest BCUT2D eigenvalue weighted by atomic mass is 16.5. The van der Waals surface area contributed by atoms with Crippen LogP contribution in [-0.4, -0.2) is 44.3 Å². The molecule has 3 amide bonds. The monoisotopic (exact) mass is 388 g/mol. The van der Waals surface area contributed by atoms with Crippen LogP contribution in [0.4, 0.5) is 4.79 Å². The number of quaternary nitrogens is 1. The van der Waals surface area contributed by atoms with Gasteiger partial charge in [-0.15, -0.1) is 0 Å². The minimum absolute atomic E-state index is 0.210. The van der Waals surface area contributed by atoms with Gasteiger partial charge in [0.1, 0.15) is 6.04 Å². The molecule has 3 N–H and O–H groups in total. The van der Waals surface area contributed by atoms with Crippen LogP contribution < -0.4 is 25.0 Å². The molecule has 2 fully saturated rings. The van der Waals surface area contributed by atoms with Crippen molar-refractivity contribution in [3.05, 3.63) is 23.8 Å². The molecule has 4 rings (SSSR count). The molecule has 28 heavy (non-hydrogen) atoms. The van der Waals surface area contributed by atoms with Gasteiger partial charge in [-0.25, -0.2) is 4.79 Å². The van der Waals surface area contributed by atoms with Crippen LogP contribution in [0.15, 0.2) is 18.2 Å². The summed E-state index contributed by atoms with van der Waals surface area (Å²) >= 11 is 0. The van der Waals surface area contributed by atoms with Gasteiger partial charge in [-0.1, -0.05) is 12.8 Å². The van der Waals surface area contributed by atoms with Gasteiger partial charge in [-0.05, 0) is 31.0 Å². The number of benzene rings is 1. The summed E-state index contributed by atoms with van der Waals surface area (Å²) in [6.07, 6.45) is 7.28. The van der Waals surface area contributed by atoms with Crippen LogP contribution >= 0.6 is 0 Å². The Kier molecular flexibility index (Phi) is 6.00. The predicted molar refractivity (Wildman–Crippen MR) is 104 cm³/mol. The second kappa shape index (κ2) is 8.82. The Hall–Kier alpha value is -2.28. The van der Waals surface area contributed by atoms with Crippen LogP contribution in [0.5, 0.6) is 11.5 Å². The van der Waals surface area contributed by atoms with Gasteiger partial charge in [-0.2, -0.15) is 0 Å². The van der Waals surface area contributed by atoms with E-state index in [-0.39, 0.29) is 24.0 Å². The Morgan fingerprint density at radius 3 is 2.61 bits per heavy atom. The summed E-state index contributed by atoms with van der Waals surface area (Å²) in [5.74, 6) is 1.37. The molecule has 1 saturated heterocycles. The molecule has 0 radical (unpaired) electrons. The van der Waals surface area contributed by atoms with E-state index >= 15 is 0 Å². The number of amides is 3. The van der Waals surface area contributed by atoms with Gasteiger partial charge < -0.3 is 19.7 Å². The molecule has 2 aliphatic heterocycles. The first-order chi connectivity index (χ1) is 13.7. The van der Waals surface area contributed by atoms with E-state index in [4.69, 9.17) is 9.47 Å². The van der Waals surface area contributed by atoms with Crippen molar-refractivity contribution in [3.63, 3.8) is 0 Å². The average molecular weight is 388 g/mol. The lowest BCUT2D eigenvalue weighted by atomic mass is 10.0. The first kappa shape index (κ1) is 19.1. The van der Waals surface area contributed by atoms with E-state index in [0.29, 0.717) is 19.8 Å². The maximum absolute atomic E-state index is 12.4. The Labute approximate surface area is 165 Å². The molecule has 7 heteroatoms. The first-order valence-electron chi connectivity index (χ1n) is 10.5. The summed E-state index contributed by atoms with van der Waals surface area (Å²) in [6, 6.07) is 6.20. The summed E-state index contributed by atoms with van der Waals surface area (Å²) in [7, 11) is 0. The molecule has 7 nitrogen and oxygen atoms in total. The number of urea groups is 1. The fourth-order valence-corrected chi connectivity index (χ4v) is 4.59. The third-order valence-electron chi connectivity index (χ3n) is 5.99. The molecule has 2 heterocycles. The molecule has 0 spiro atoms. The quantitative estimate of drug-likeness (QED) is 0.727. The van der Waals surface area contributed by atoms with Gasteiger partial charge in [-0.3, -0.25) is 10.1 Å². The number of ether oxygens (including phenoxy) is 2. The predicted octanol–water partition coefficient (Wildman–Crippen LogP) is 1.34. The zero-order valence-corrected chi connectivity index (χ0v) is 16.3. The largest absolute Gasteiger partial charge is 0.490 e. The van der Waals surface area contributed by atoms with Crippen LogP contribution in [0.1, 0.15) is 56.6 Å². The maximum Gasteiger partial charge on any atom is 0.321 e. The van der Waals surface area contributed by atoms with Gasteiger partial charge in [0.2, 0.25) is 0 Å². The van der Waals surface area contributed by atoms with Crippen molar-refractivity contribution in [3.8, 4) is 11.5 Å². The van der Waals surface area contributed by atoms with Crippen molar-refractivity contribution in [2.24, 2.45) is 0 Å². The fourth-order valence-electron chi connectivity index (χ4n) is 4.59. The minimum Gasteiger partial charge on any atom is -0.490 e. The summed E-state index contributed by atoms with van der Waals surface area (Å²) in [6.45, 7) is 2.57. The van der Waals surface area contributed by atoms with Gasteiger partial charge in [0.25, 0.3) is 5.91 Å². The number of hydrogen-bond donors (Lipinski definition) is 3. The highest BCUT2D eigenvalue weighted by Crippen LogP contribution is 2.33. The Morgan fingerprint density at radius 1 is 1.00 bits per heavy atom. The number of rotatable bonds is 4. The summed E-state index contributed by atoms with van der Waals surface area (Å²) in [5.41, 5.74) is 1.17. The highest BCUT2D eigenvalue weighted by molar-refractivity contribution is 5.94. The van der Waals surface area contributed by atoms with Crippen LogP contribution in [0, 0.1) is 0 Å². The second-order valence-electron chi connectivity index (χ2n) is 8.04. The van der Waals surface area contributed by atoms with E-state index < -0.39 is 0 Å². The Morgan fingerprint density at radius 2 is 1.79 bits per heavy atom. The molecule has 1 aromatic carbocycles. The third-order valence-corrected chi connectivity index (χ3v) is 5.99. The van der Waals surface area contributed by atoms with Crippen LogP contribution in [0.25, 0.3) is 0 Å². The number of nitrogens with one attached hydrogen (secondary N) is 3. The van der Waals surface area contributed by atoms with Crippen LogP contribution in [0.2, 0.25) is 0 Å². The summed E-state index contributed by atoms with van der Waals surface area (Å²) in [5, 5.41) is 5.42. The van der Waals surface area contributed by atoms with Gasteiger partial charge >= 0.3 is 6.03 Å². The Balaban J connectivity index is 1.35. The molecular weight excluding hydrogens is 358 g/mol. The normalized spacial score (nSPS) is 24.6. The lowest BCUT2D eigenvalue weighted by molar-refractivity contribution is -0.910. The SMILES string of the molecule is O=C(C[NH+]1CCC[C@@H]1c1ccc2c(c1)OCCCO2)NC(=O)NC1CCCC1. The van der Waals surface area contributed by atoms with Gasteiger partial charge in [0, 0.05) is 30.9 Å².